The Hall–Kier alpha value is -0.560. The summed E-state index contributed by atoms with van der Waals surface area (Å²) in [5, 5.41) is 0. The number of nitrogens with one attached hydrogen (secondary N) is 1. The van der Waals surface area contributed by atoms with Gasteiger partial charge in [-0.25, -0.2) is 0 Å². The minimum absolute atomic E-state index is 1.18. The van der Waals surface area contributed by atoms with E-state index in [2.05, 4.69) is 32.2 Å². The SMILES string of the molecule is CCCC1=CC=C[NH+]1CC. The average Bonchev–Trinajstić information content (AvgIpc) is 2.36. The summed E-state index contributed by atoms with van der Waals surface area (Å²) in [5.41, 5.74) is 1.55. The molecule has 0 aliphatic carbocycles. The van der Waals surface area contributed by atoms with E-state index in [-0.39, 0.29) is 0 Å². The van der Waals surface area contributed by atoms with Crippen molar-refractivity contribution in [2.75, 3.05) is 6.54 Å². The lowest BCUT2D eigenvalue weighted by atomic mass is 10.2. The van der Waals surface area contributed by atoms with Crippen molar-refractivity contribution in [3.05, 3.63) is 24.0 Å². The first-order valence-corrected chi connectivity index (χ1v) is 4.12. The Morgan fingerprint density at radius 1 is 1.40 bits per heavy atom. The topological polar surface area (TPSA) is 4.44 Å². The van der Waals surface area contributed by atoms with Gasteiger partial charge in [-0.2, -0.15) is 0 Å². The van der Waals surface area contributed by atoms with E-state index in [0.717, 1.165) is 0 Å². The second kappa shape index (κ2) is 3.57. The number of allylic oxidation sites excluding steroid dienone is 3. The zero-order valence-corrected chi connectivity index (χ0v) is 6.85. The second-order valence-corrected chi connectivity index (χ2v) is 2.68. The van der Waals surface area contributed by atoms with Gasteiger partial charge in [0.05, 0.1) is 12.7 Å². The Morgan fingerprint density at radius 3 is 2.80 bits per heavy atom. The molecule has 0 aromatic rings. The smallest absolute Gasteiger partial charge is 0.112 e. The molecule has 1 aliphatic rings. The molecule has 0 fully saturated rings. The first-order chi connectivity index (χ1) is 4.88. The molecule has 0 bridgehead atoms. The van der Waals surface area contributed by atoms with Crippen molar-refractivity contribution in [1.29, 1.82) is 0 Å². The molecule has 1 heteroatoms. The Kier molecular flexibility index (Phi) is 2.69. The minimum atomic E-state index is 1.18. The molecule has 0 radical (unpaired) electrons. The zero-order valence-electron chi connectivity index (χ0n) is 6.85. The fraction of sp³-hybridized carbons (Fsp3) is 0.556. The van der Waals surface area contributed by atoms with E-state index in [9.17, 15) is 0 Å². The number of quaternary nitrogens is 1. The van der Waals surface area contributed by atoms with Crippen molar-refractivity contribution in [3.8, 4) is 0 Å². The van der Waals surface area contributed by atoms with Crippen molar-refractivity contribution in [3.63, 3.8) is 0 Å². The maximum Gasteiger partial charge on any atom is 0.112 e. The molecule has 0 aromatic heterocycles. The Morgan fingerprint density at radius 2 is 2.20 bits per heavy atom. The highest BCUT2D eigenvalue weighted by molar-refractivity contribution is 5.10. The first kappa shape index (κ1) is 7.55. The Bertz CT molecular complexity index is 156. The van der Waals surface area contributed by atoms with Gasteiger partial charge in [-0.05, 0) is 19.4 Å². The van der Waals surface area contributed by atoms with Gasteiger partial charge in [-0.1, -0.05) is 6.92 Å². The van der Waals surface area contributed by atoms with Gasteiger partial charge in [0.2, 0.25) is 0 Å². The largest absolute Gasteiger partial charge is 0.280 e. The molecule has 1 N–H and O–H groups in total. The summed E-state index contributed by atoms with van der Waals surface area (Å²) >= 11 is 0. The van der Waals surface area contributed by atoms with Crippen LogP contribution in [0.5, 0.6) is 0 Å². The molecule has 0 saturated heterocycles. The monoisotopic (exact) mass is 138 g/mol. The normalized spacial score (nSPS) is 23.4. The highest BCUT2D eigenvalue weighted by Crippen LogP contribution is 2.00. The van der Waals surface area contributed by atoms with E-state index in [1.54, 1.807) is 5.70 Å². The molecular formula is C9H16N+. The molecule has 0 aromatic carbocycles. The molecule has 1 rings (SSSR count). The van der Waals surface area contributed by atoms with E-state index in [0.29, 0.717) is 0 Å². The van der Waals surface area contributed by atoms with Crippen LogP contribution in [0.15, 0.2) is 24.0 Å². The van der Waals surface area contributed by atoms with Gasteiger partial charge in [0.25, 0.3) is 0 Å². The van der Waals surface area contributed by atoms with Crippen LogP contribution in [0.4, 0.5) is 0 Å². The van der Waals surface area contributed by atoms with E-state index in [1.807, 2.05) is 0 Å². The van der Waals surface area contributed by atoms with Crippen LogP contribution in [0.25, 0.3) is 0 Å². The first-order valence-electron chi connectivity index (χ1n) is 4.12. The van der Waals surface area contributed by atoms with E-state index in [1.165, 1.54) is 24.3 Å². The molecule has 0 spiro atoms. The fourth-order valence-corrected chi connectivity index (χ4v) is 1.35. The summed E-state index contributed by atoms with van der Waals surface area (Å²) in [6.07, 6.45) is 9.13. The molecule has 1 unspecified atom stereocenters. The summed E-state index contributed by atoms with van der Waals surface area (Å²) < 4.78 is 0. The highest BCUT2D eigenvalue weighted by Gasteiger charge is 2.12. The van der Waals surface area contributed by atoms with Crippen LogP contribution in [0.2, 0.25) is 0 Å². The van der Waals surface area contributed by atoms with Gasteiger partial charge in [-0.15, -0.1) is 0 Å². The molecular weight excluding hydrogens is 122 g/mol. The van der Waals surface area contributed by atoms with Crippen molar-refractivity contribution in [2.24, 2.45) is 0 Å². The molecule has 0 saturated carbocycles. The summed E-state index contributed by atoms with van der Waals surface area (Å²) in [6.45, 7) is 5.63. The summed E-state index contributed by atoms with van der Waals surface area (Å²) in [6, 6.07) is 0. The van der Waals surface area contributed by atoms with Gasteiger partial charge in [-0.3, -0.25) is 4.90 Å². The van der Waals surface area contributed by atoms with Crippen molar-refractivity contribution < 1.29 is 4.90 Å². The predicted octanol–water partition coefficient (Wildman–Crippen LogP) is 1.10. The number of rotatable bonds is 3. The van der Waals surface area contributed by atoms with Crippen molar-refractivity contribution >= 4 is 0 Å². The average molecular weight is 138 g/mol. The van der Waals surface area contributed by atoms with Crippen LogP contribution in [0.3, 0.4) is 0 Å². The predicted molar refractivity (Wildman–Crippen MR) is 43.6 cm³/mol. The van der Waals surface area contributed by atoms with Crippen LogP contribution in [-0.4, -0.2) is 6.54 Å². The summed E-state index contributed by atoms with van der Waals surface area (Å²) in [7, 11) is 0. The van der Waals surface area contributed by atoms with Crippen LogP contribution in [0, 0.1) is 0 Å². The molecule has 1 atom stereocenters. The van der Waals surface area contributed by atoms with Crippen LogP contribution < -0.4 is 4.90 Å². The highest BCUT2D eigenvalue weighted by atomic mass is 15.1. The van der Waals surface area contributed by atoms with E-state index < -0.39 is 0 Å². The second-order valence-electron chi connectivity index (χ2n) is 2.68. The third-order valence-electron chi connectivity index (χ3n) is 1.91. The quantitative estimate of drug-likeness (QED) is 0.595. The minimum Gasteiger partial charge on any atom is -0.280 e. The molecule has 1 nitrogen and oxygen atoms in total. The molecule has 0 amide bonds. The number of hydrogen-bond donors (Lipinski definition) is 1. The third-order valence-corrected chi connectivity index (χ3v) is 1.91. The zero-order chi connectivity index (χ0) is 7.40. The summed E-state index contributed by atoms with van der Waals surface area (Å²) in [4.78, 5) is 1.53. The van der Waals surface area contributed by atoms with Gasteiger partial charge >= 0.3 is 0 Å². The fourth-order valence-electron chi connectivity index (χ4n) is 1.35. The van der Waals surface area contributed by atoms with Crippen LogP contribution >= 0.6 is 0 Å². The van der Waals surface area contributed by atoms with Crippen molar-refractivity contribution in [1.82, 2.24) is 0 Å². The lowest BCUT2D eigenvalue weighted by Gasteiger charge is -2.10. The van der Waals surface area contributed by atoms with Crippen LogP contribution in [-0.2, 0) is 0 Å². The lowest BCUT2D eigenvalue weighted by Crippen LogP contribution is -3.04. The Balaban J connectivity index is 2.45. The maximum atomic E-state index is 2.24. The van der Waals surface area contributed by atoms with Gasteiger partial charge in [0.15, 0.2) is 0 Å². The maximum absolute atomic E-state index is 2.24. The van der Waals surface area contributed by atoms with E-state index in [4.69, 9.17) is 0 Å². The lowest BCUT2D eigenvalue weighted by molar-refractivity contribution is -0.801. The summed E-state index contributed by atoms with van der Waals surface area (Å²) in [5.74, 6) is 0. The van der Waals surface area contributed by atoms with Crippen LogP contribution in [0.1, 0.15) is 26.7 Å². The molecule has 56 valence electrons. The van der Waals surface area contributed by atoms with Gasteiger partial charge in [0.1, 0.15) is 5.70 Å². The molecule has 1 aliphatic heterocycles. The van der Waals surface area contributed by atoms with Gasteiger partial charge in [0, 0.05) is 12.5 Å². The number of hydrogen-bond acceptors (Lipinski definition) is 0. The Labute approximate surface area is 63.0 Å². The molecule has 1 heterocycles. The standard InChI is InChI=1S/C9H15N/c1-3-6-9-7-5-8-10(9)4-2/h5,7-8H,3-4,6H2,1-2H3/p+1. The molecule has 10 heavy (non-hydrogen) atoms. The van der Waals surface area contributed by atoms with Crippen molar-refractivity contribution in [2.45, 2.75) is 26.7 Å². The third kappa shape index (κ3) is 1.48. The van der Waals surface area contributed by atoms with E-state index >= 15 is 0 Å². The van der Waals surface area contributed by atoms with Gasteiger partial charge < -0.3 is 0 Å².